The van der Waals surface area contributed by atoms with Crippen LogP contribution < -0.4 is 16.8 Å². The molecule has 2 aromatic carbocycles. The van der Waals surface area contributed by atoms with E-state index in [1.807, 2.05) is 61.7 Å². The Hall–Kier alpha value is -4.66. The lowest BCUT2D eigenvalue weighted by Gasteiger charge is -2.41. The number of hydrogen-bond donors (Lipinski definition) is 3. The number of Topliss-reactive ketones (excluding diaryl/α,β-unsaturated/α-hetero) is 1. The van der Waals surface area contributed by atoms with Gasteiger partial charge in [-0.15, -0.1) is 11.8 Å². The molecule has 0 fully saturated rings. The summed E-state index contributed by atoms with van der Waals surface area (Å²) in [7, 11) is 0. The van der Waals surface area contributed by atoms with Gasteiger partial charge in [-0.05, 0) is 67.5 Å². The molecule has 0 bridgehead atoms. The number of halogens is 2. The van der Waals surface area contributed by atoms with Crippen molar-refractivity contribution in [3.63, 3.8) is 0 Å². The molecule has 0 saturated carbocycles. The summed E-state index contributed by atoms with van der Waals surface area (Å²) >= 11 is 1.26. The number of carbonyl (C=O) groups excluding carboxylic acids is 5. The molecule has 5 N–H and O–H groups in total. The van der Waals surface area contributed by atoms with Gasteiger partial charge in [-0.3, -0.25) is 28.9 Å². The van der Waals surface area contributed by atoms with Gasteiger partial charge in [0.2, 0.25) is 11.8 Å². The summed E-state index contributed by atoms with van der Waals surface area (Å²) in [5.41, 5.74) is 14.0. The Morgan fingerprint density at radius 3 is 2.30 bits per heavy atom. The number of nitrogens with zero attached hydrogens (tertiary/aromatic N) is 3. The summed E-state index contributed by atoms with van der Waals surface area (Å²) in [6.45, 7) is 7.90. The molecule has 0 unspecified atom stereocenters. The number of imide groups is 1. The van der Waals surface area contributed by atoms with E-state index in [9.17, 15) is 28.4 Å². The van der Waals surface area contributed by atoms with Crippen molar-refractivity contribution in [2.24, 2.45) is 16.9 Å². The molecule has 1 aliphatic rings. The molecule has 2 heterocycles. The van der Waals surface area contributed by atoms with Crippen LogP contribution in [-0.2, 0) is 30.5 Å². The number of thioether (sulfide) groups is 1. The number of ketones is 1. The van der Waals surface area contributed by atoms with Gasteiger partial charge >= 0.3 is 0 Å². The Balaban J connectivity index is 1.33. The quantitative estimate of drug-likeness (QED) is 0.0806. The predicted octanol–water partition coefficient (Wildman–Crippen LogP) is 5.76. The van der Waals surface area contributed by atoms with Crippen molar-refractivity contribution in [2.45, 2.75) is 84.3 Å². The lowest BCUT2D eigenvalue weighted by Crippen LogP contribution is -2.45. The second-order valence-electron chi connectivity index (χ2n) is 15.4. The number of rotatable bonds is 23. The van der Waals surface area contributed by atoms with E-state index >= 15 is 4.39 Å². The van der Waals surface area contributed by atoms with E-state index < -0.39 is 29.1 Å². The highest BCUT2D eigenvalue weighted by atomic mass is 32.2. The minimum atomic E-state index is -0.870. The molecule has 0 aliphatic carbocycles. The van der Waals surface area contributed by atoms with Gasteiger partial charge in [-0.1, -0.05) is 57.5 Å². The number of benzene rings is 2. The Morgan fingerprint density at radius 1 is 0.912 bits per heavy atom. The molecular weight excluding hydrogens is 751 g/mol. The average molecular weight is 807 g/mol. The fourth-order valence-electron chi connectivity index (χ4n) is 6.88. The van der Waals surface area contributed by atoms with Gasteiger partial charge in [0.15, 0.2) is 0 Å². The van der Waals surface area contributed by atoms with Crippen LogP contribution in [0, 0.1) is 17.0 Å². The number of nitrogens with one attached hydrogen (secondary N) is 1. The third kappa shape index (κ3) is 13.5. The predicted molar refractivity (Wildman–Crippen MR) is 220 cm³/mol. The second-order valence-corrected chi connectivity index (χ2v) is 16.4. The fraction of sp³-hybridized carbons (Fsp3) is 0.465. The molecule has 3 aromatic rings. The molecule has 4 amide bonds. The SMILES string of the molecule is CC(C)(C)[C@H](c1cc(-c2cc(F)ccc2F)cn1Cc1ccccc1)N(CCCN)C(=O)CSC[C@H](N)C(=O)NCCCC(=O)CCCCCN1C(=O)C=CC1=O. The van der Waals surface area contributed by atoms with E-state index in [1.54, 1.807) is 11.1 Å². The monoisotopic (exact) mass is 806 g/mol. The van der Waals surface area contributed by atoms with Crippen molar-refractivity contribution in [1.82, 2.24) is 19.7 Å². The maximum Gasteiger partial charge on any atom is 0.253 e. The molecule has 1 aromatic heterocycles. The van der Waals surface area contributed by atoms with Crippen LogP contribution in [0.15, 0.2) is 72.9 Å². The van der Waals surface area contributed by atoms with Gasteiger partial charge in [-0.25, -0.2) is 8.78 Å². The summed E-state index contributed by atoms with van der Waals surface area (Å²) in [5.74, 6) is -1.92. The van der Waals surface area contributed by atoms with Crippen LogP contribution in [0.25, 0.3) is 11.1 Å². The zero-order valence-corrected chi connectivity index (χ0v) is 34.0. The van der Waals surface area contributed by atoms with Crippen LogP contribution in [0.2, 0.25) is 0 Å². The molecule has 14 heteroatoms. The van der Waals surface area contributed by atoms with E-state index in [0.717, 1.165) is 29.8 Å². The molecule has 1 aliphatic heterocycles. The third-order valence-corrected chi connectivity index (χ3v) is 10.8. The molecule has 308 valence electrons. The van der Waals surface area contributed by atoms with Gasteiger partial charge in [0.05, 0.1) is 17.8 Å². The summed E-state index contributed by atoms with van der Waals surface area (Å²) in [6, 6.07) is 13.6. The van der Waals surface area contributed by atoms with Crippen LogP contribution in [0.4, 0.5) is 8.78 Å². The minimum absolute atomic E-state index is 0.0545. The van der Waals surface area contributed by atoms with E-state index in [4.69, 9.17) is 11.5 Å². The number of aromatic nitrogens is 1. The van der Waals surface area contributed by atoms with Crippen molar-refractivity contribution < 1.29 is 32.8 Å². The van der Waals surface area contributed by atoms with E-state index in [-0.39, 0.29) is 46.5 Å². The van der Waals surface area contributed by atoms with Gasteiger partial charge < -0.3 is 26.3 Å². The molecule has 57 heavy (non-hydrogen) atoms. The normalized spacial score (nSPS) is 13.9. The smallest absolute Gasteiger partial charge is 0.253 e. The Labute approximate surface area is 338 Å². The van der Waals surface area contributed by atoms with Crippen molar-refractivity contribution >= 4 is 41.2 Å². The summed E-state index contributed by atoms with van der Waals surface area (Å²) in [4.78, 5) is 65.4. The largest absolute Gasteiger partial charge is 0.355 e. The number of nitrogens with two attached hydrogens (primary N) is 2. The Bertz CT molecular complexity index is 1860. The summed E-state index contributed by atoms with van der Waals surface area (Å²) in [5, 5.41) is 2.78. The van der Waals surface area contributed by atoms with Gasteiger partial charge in [-0.2, -0.15) is 0 Å². The zero-order chi connectivity index (χ0) is 41.5. The van der Waals surface area contributed by atoms with Crippen LogP contribution in [-0.4, -0.2) is 87.5 Å². The highest BCUT2D eigenvalue weighted by Gasteiger charge is 2.37. The molecule has 11 nitrogen and oxygen atoms in total. The van der Waals surface area contributed by atoms with Crippen LogP contribution in [0.5, 0.6) is 0 Å². The Morgan fingerprint density at radius 2 is 1.61 bits per heavy atom. The van der Waals surface area contributed by atoms with Crippen molar-refractivity contribution in [2.75, 3.05) is 37.7 Å². The van der Waals surface area contributed by atoms with E-state index in [1.165, 1.54) is 34.9 Å². The first kappa shape index (κ1) is 45.0. The molecule has 4 rings (SSSR count). The second kappa shape index (κ2) is 21.8. The van der Waals surface area contributed by atoms with Crippen molar-refractivity contribution in [3.05, 3.63) is 95.8 Å². The lowest BCUT2D eigenvalue weighted by atomic mass is 9.83. The number of carbonyl (C=O) groups is 5. The van der Waals surface area contributed by atoms with Gasteiger partial charge in [0.25, 0.3) is 11.8 Å². The number of amides is 4. The fourth-order valence-corrected chi connectivity index (χ4v) is 7.74. The Kier molecular flexibility index (Phi) is 17.2. The van der Waals surface area contributed by atoms with Crippen molar-refractivity contribution in [1.29, 1.82) is 0 Å². The first-order chi connectivity index (χ1) is 27.2. The van der Waals surface area contributed by atoms with Crippen LogP contribution >= 0.6 is 11.8 Å². The highest BCUT2D eigenvalue weighted by Crippen LogP contribution is 2.41. The summed E-state index contributed by atoms with van der Waals surface area (Å²) < 4.78 is 31.4. The minimum Gasteiger partial charge on any atom is -0.355 e. The molecule has 0 radical (unpaired) electrons. The van der Waals surface area contributed by atoms with Crippen LogP contribution in [0.3, 0.4) is 0 Å². The number of unbranched alkanes of at least 4 members (excludes halogenated alkanes) is 2. The standard InChI is InChI=1S/C43H56F2N6O5S/c1-43(2,3)41(37-24-31(34-25-32(44)16-17-35(34)45)27-49(37)26-30-12-6-4-7-13-30)51(23-11-20-46)40(55)29-57-28-36(47)42(56)48-21-10-15-33(52)14-8-5-9-22-50-38(53)18-19-39(50)54/h4,6-7,12-13,16-19,24-25,27,36,41H,5,8-11,14-15,20-23,26,28-29,46-47H2,1-3H3,(H,48,56)/t36-,41-/m0/s1. The molecule has 0 spiro atoms. The molecular formula is C43H56F2N6O5S. The van der Waals surface area contributed by atoms with Crippen LogP contribution in [0.1, 0.15) is 83.0 Å². The lowest BCUT2D eigenvalue weighted by molar-refractivity contribution is -0.137. The van der Waals surface area contributed by atoms with Gasteiger partial charge in [0, 0.05) is 79.9 Å². The maximum absolute atomic E-state index is 15.1. The topological polar surface area (TPSA) is 161 Å². The highest BCUT2D eigenvalue weighted by molar-refractivity contribution is 8.00. The molecule has 0 saturated heterocycles. The maximum atomic E-state index is 15.1. The summed E-state index contributed by atoms with van der Waals surface area (Å²) in [6.07, 6.45) is 8.04. The average Bonchev–Trinajstić information content (AvgIpc) is 3.72. The first-order valence-corrected chi connectivity index (χ1v) is 20.7. The van der Waals surface area contributed by atoms with Gasteiger partial charge in [0.1, 0.15) is 17.4 Å². The van der Waals surface area contributed by atoms with E-state index in [0.29, 0.717) is 76.8 Å². The van der Waals surface area contributed by atoms with Crippen molar-refractivity contribution in [3.8, 4) is 11.1 Å². The molecule has 2 atom stereocenters. The first-order valence-electron chi connectivity index (χ1n) is 19.5. The zero-order valence-electron chi connectivity index (χ0n) is 33.2. The number of hydrogen-bond acceptors (Lipinski definition) is 8. The van der Waals surface area contributed by atoms with E-state index in [2.05, 4.69) is 5.32 Å². The third-order valence-electron chi connectivity index (χ3n) is 9.73.